The van der Waals surface area contributed by atoms with Crippen molar-refractivity contribution >= 4 is 11.6 Å². The van der Waals surface area contributed by atoms with Gasteiger partial charge in [-0.1, -0.05) is 25.4 Å². The van der Waals surface area contributed by atoms with E-state index < -0.39 is 0 Å². The van der Waals surface area contributed by atoms with Gasteiger partial charge in [-0.3, -0.25) is 0 Å². The van der Waals surface area contributed by atoms with E-state index in [1.807, 2.05) is 12.1 Å². The molecule has 2 N–H and O–H groups in total. The number of hydrogen-bond acceptors (Lipinski definition) is 2. The van der Waals surface area contributed by atoms with E-state index in [-0.39, 0.29) is 0 Å². The van der Waals surface area contributed by atoms with Crippen LogP contribution in [0.15, 0.2) is 12.1 Å². The third-order valence-corrected chi connectivity index (χ3v) is 2.98. The van der Waals surface area contributed by atoms with Crippen molar-refractivity contribution in [1.29, 1.82) is 0 Å². The summed E-state index contributed by atoms with van der Waals surface area (Å²) in [5, 5.41) is 0.680. The maximum absolute atomic E-state index is 6.13. The van der Waals surface area contributed by atoms with Gasteiger partial charge in [-0.2, -0.15) is 0 Å². The predicted octanol–water partition coefficient (Wildman–Crippen LogP) is 3.36. The molecular formula is C13H20ClNO. The summed E-state index contributed by atoms with van der Waals surface area (Å²) in [4.78, 5) is 0. The minimum Gasteiger partial charge on any atom is -0.495 e. The topological polar surface area (TPSA) is 35.2 Å². The van der Waals surface area contributed by atoms with E-state index in [0.717, 1.165) is 18.6 Å². The number of nitrogens with two attached hydrogens (primary N) is 1. The molecule has 0 aliphatic heterocycles. The standard InChI is InChI=1S/C13H20ClNO/c1-9(2)11-8-13(16-3)12(14)7-10(11)5-4-6-15/h7-9H,4-6,15H2,1-3H3. The third-order valence-electron chi connectivity index (χ3n) is 2.69. The lowest BCUT2D eigenvalue weighted by atomic mass is 9.94. The maximum Gasteiger partial charge on any atom is 0.137 e. The monoisotopic (exact) mass is 241 g/mol. The summed E-state index contributed by atoms with van der Waals surface area (Å²) in [6.45, 7) is 5.06. The zero-order chi connectivity index (χ0) is 12.1. The quantitative estimate of drug-likeness (QED) is 0.858. The number of ether oxygens (including phenoxy) is 1. The molecule has 1 rings (SSSR count). The molecule has 0 saturated carbocycles. The molecule has 2 nitrogen and oxygen atoms in total. The lowest BCUT2D eigenvalue weighted by Gasteiger charge is -2.15. The van der Waals surface area contributed by atoms with E-state index in [9.17, 15) is 0 Å². The second kappa shape index (κ2) is 6.12. The summed E-state index contributed by atoms with van der Waals surface area (Å²) < 4.78 is 5.24. The van der Waals surface area contributed by atoms with Crippen LogP contribution in [0.3, 0.4) is 0 Å². The van der Waals surface area contributed by atoms with Gasteiger partial charge in [0.2, 0.25) is 0 Å². The van der Waals surface area contributed by atoms with E-state index in [1.54, 1.807) is 7.11 Å². The Balaban J connectivity index is 3.09. The molecule has 0 radical (unpaired) electrons. The van der Waals surface area contributed by atoms with Crippen LogP contribution in [0.2, 0.25) is 5.02 Å². The van der Waals surface area contributed by atoms with Gasteiger partial charge in [-0.25, -0.2) is 0 Å². The number of methoxy groups -OCH3 is 1. The van der Waals surface area contributed by atoms with Crippen molar-refractivity contribution in [2.24, 2.45) is 5.73 Å². The van der Waals surface area contributed by atoms with E-state index in [4.69, 9.17) is 22.1 Å². The Kier molecular flexibility index (Phi) is 5.10. The Morgan fingerprint density at radius 1 is 1.38 bits per heavy atom. The first-order chi connectivity index (χ1) is 7.60. The van der Waals surface area contributed by atoms with Crippen molar-refractivity contribution in [1.82, 2.24) is 0 Å². The molecule has 0 aliphatic carbocycles. The largest absolute Gasteiger partial charge is 0.495 e. The molecule has 0 aliphatic rings. The molecule has 0 bridgehead atoms. The molecule has 90 valence electrons. The van der Waals surface area contributed by atoms with Crippen LogP contribution in [0, 0.1) is 0 Å². The van der Waals surface area contributed by atoms with Gasteiger partial charge < -0.3 is 10.5 Å². The Morgan fingerprint density at radius 2 is 2.06 bits per heavy atom. The highest BCUT2D eigenvalue weighted by molar-refractivity contribution is 6.32. The summed E-state index contributed by atoms with van der Waals surface area (Å²) in [7, 11) is 1.64. The average molecular weight is 242 g/mol. The maximum atomic E-state index is 6.13. The summed E-state index contributed by atoms with van der Waals surface area (Å²) in [6.07, 6.45) is 1.97. The van der Waals surface area contributed by atoms with Gasteiger partial charge in [0.25, 0.3) is 0 Å². The Labute approximate surface area is 103 Å². The van der Waals surface area contributed by atoms with Crippen molar-refractivity contribution in [2.75, 3.05) is 13.7 Å². The van der Waals surface area contributed by atoms with Gasteiger partial charge in [-0.05, 0) is 48.6 Å². The van der Waals surface area contributed by atoms with Crippen molar-refractivity contribution in [3.8, 4) is 5.75 Å². The van der Waals surface area contributed by atoms with Crippen LogP contribution in [0.1, 0.15) is 37.3 Å². The summed E-state index contributed by atoms with van der Waals surface area (Å²) in [6, 6.07) is 4.05. The first-order valence-electron chi connectivity index (χ1n) is 5.66. The van der Waals surface area contributed by atoms with Crippen molar-refractivity contribution in [3.05, 3.63) is 28.3 Å². The first kappa shape index (κ1) is 13.3. The van der Waals surface area contributed by atoms with Crippen LogP contribution < -0.4 is 10.5 Å². The summed E-state index contributed by atoms with van der Waals surface area (Å²) in [5.74, 6) is 1.22. The summed E-state index contributed by atoms with van der Waals surface area (Å²) in [5.41, 5.74) is 8.12. The fourth-order valence-electron chi connectivity index (χ4n) is 1.81. The molecule has 0 aromatic heterocycles. The zero-order valence-corrected chi connectivity index (χ0v) is 11.0. The number of aryl methyl sites for hydroxylation is 1. The smallest absolute Gasteiger partial charge is 0.137 e. The third kappa shape index (κ3) is 3.13. The number of benzene rings is 1. The molecule has 3 heteroatoms. The SMILES string of the molecule is COc1cc(C(C)C)c(CCCN)cc1Cl. The fourth-order valence-corrected chi connectivity index (χ4v) is 2.08. The molecule has 0 atom stereocenters. The van der Waals surface area contributed by atoms with Crippen LogP contribution >= 0.6 is 11.6 Å². The Bertz CT molecular complexity index is 350. The molecule has 0 amide bonds. The minimum atomic E-state index is 0.471. The van der Waals surface area contributed by atoms with Crippen LogP contribution in [0.4, 0.5) is 0 Å². The molecule has 0 fully saturated rings. The van der Waals surface area contributed by atoms with Gasteiger partial charge in [0.15, 0.2) is 0 Å². The number of rotatable bonds is 5. The Morgan fingerprint density at radius 3 is 2.56 bits per heavy atom. The molecule has 0 unspecified atom stereocenters. The summed E-state index contributed by atoms with van der Waals surface area (Å²) >= 11 is 6.13. The highest BCUT2D eigenvalue weighted by Crippen LogP contribution is 2.32. The fraction of sp³-hybridized carbons (Fsp3) is 0.538. The minimum absolute atomic E-state index is 0.471. The lowest BCUT2D eigenvalue weighted by Crippen LogP contribution is -2.04. The van der Waals surface area contributed by atoms with Gasteiger partial charge in [-0.15, -0.1) is 0 Å². The molecule has 1 aromatic rings. The normalized spacial score (nSPS) is 10.9. The van der Waals surface area contributed by atoms with Crippen molar-refractivity contribution in [2.45, 2.75) is 32.6 Å². The highest BCUT2D eigenvalue weighted by Gasteiger charge is 2.11. The van der Waals surface area contributed by atoms with E-state index in [2.05, 4.69) is 13.8 Å². The average Bonchev–Trinajstić information content (AvgIpc) is 2.25. The van der Waals surface area contributed by atoms with Crippen molar-refractivity contribution < 1.29 is 4.74 Å². The van der Waals surface area contributed by atoms with Crippen LogP contribution in [-0.4, -0.2) is 13.7 Å². The van der Waals surface area contributed by atoms with E-state index in [0.29, 0.717) is 17.5 Å². The van der Waals surface area contributed by atoms with E-state index >= 15 is 0 Å². The molecular weight excluding hydrogens is 222 g/mol. The van der Waals surface area contributed by atoms with Gasteiger partial charge in [0, 0.05) is 0 Å². The number of halogens is 1. The molecule has 0 spiro atoms. The second-order valence-corrected chi connectivity index (χ2v) is 4.64. The molecule has 0 saturated heterocycles. The van der Waals surface area contributed by atoms with Crippen molar-refractivity contribution in [3.63, 3.8) is 0 Å². The Hall–Kier alpha value is -0.730. The zero-order valence-electron chi connectivity index (χ0n) is 10.2. The van der Waals surface area contributed by atoms with Crippen LogP contribution in [0.5, 0.6) is 5.75 Å². The number of hydrogen-bond donors (Lipinski definition) is 1. The lowest BCUT2D eigenvalue weighted by molar-refractivity contribution is 0.414. The predicted molar refractivity (Wildman–Crippen MR) is 69.5 cm³/mol. The van der Waals surface area contributed by atoms with Gasteiger partial charge >= 0.3 is 0 Å². The molecule has 16 heavy (non-hydrogen) atoms. The van der Waals surface area contributed by atoms with Crippen LogP contribution in [-0.2, 0) is 6.42 Å². The second-order valence-electron chi connectivity index (χ2n) is 4.23. The molecule has 1 aromatic carbocycles. The highest BCUT2D eigenvalue weighted by atomic mass is 35.5. The molecule has 0 heterocycles. The van der Waals surface area contributed by atoms with E-state index in [1.165, 1.54) is 11.1 Å². The van der Waals surface area contributed by atoms with Gasteiger partial charge in [0.05, 0.1) is 12.1 Å². The van der Waals surface area contributed by atoms with Gasteiger partial charge in [0.1, 0.15) is 5.75 Å². The first-order valence-corrected chi connectivity index (χ1v) is 6.04. The van der Waals surface area contributed by atoms with Crippen LogP contribution in [0.25, 0.3) is 0 Å².